The highest BCUT2D eigenvalue weighted by Gasteiger charge is 2.40. The van der Waals surface area contributed by atoms with Gasteiger partial charge < -0.3 is 10.1 Å². The number of imide groups is 1. The highest BCUT2D eigenvalue weighted by atomic mass is 35.5. The summed E-state index contributed by atoms with van der Waals surface area (Å²) in [6.07, 6.45) is 0. The Morgan fingerprint density at radius 2 is 1.69 bits per heavy atom. The third-order valence-corrected chi connectivity index (χ3v) is 4.94. The number of amides is 2. The van der Waals surface area contributed by atoms with Crippen LogP contribution in [0.4, 0.5) is 11.4 Å². The molecule has 0 aromatic heterocycles. The molecule has 0 fully saturated rings. The summed E-state index contributed by atoms with van der Waals surface area (Å²) < 4.78 is 5.28. The Kier molecular flexibility index (Phi) is 5.14. The molecule has 26 heavy (non-hydrogen) atoms. The van der Waals surface area contributed by atoms with E-state index < -0.39 is 11.8 Å². The molecule has 0 atom stereocenters. The molecule has 1 N–H and O–H groups in total. The Bertz CT molecular complexity index is 957. The van der Waals surface area contributed by atoms with Crippen molar-refractivity contribution in [3.05, 3.63) is 62.7 Å². The average molecular weight is 412 g/mol. The van der Waals surface area contributed by atoms with Crippen molar-refractivity contribution < 1.29 is 14.3 Å². The first-order valence-corrected chi connectivity index (χ1v) is 8.62. The van der Waals surface area contributed by atoms with Gasteiger partial charge >= 0.3 is 0 Å². The van der Waals surface area contributed by atoms with Crippen LogP contribution < -0.4 is 15.0 Å². The number of benzene rings is 2. The second-order valence-corrected chi connectivity index (χ2v) is 6.71. The van der Waals surface area contributed by atoms with Crippen LogP contribution >= 0.6 is 34.8 Å². The minimum absolute atomic E-state index is 0.0587. The Hall–Kier alpha value is -2.21. The van der Waals surface area contributed by atoms with E-state index in [1.807, 2.05) is 0 Å². The maximum absolute atomic E-state index is 12.8. The van der Waals surface area contributed by atoms with Crippen LogP contribution in [0.15, 0.2) is 47.1 Å². The number of ether oxygens (including phenoxy) is 1. The lowest BCUT2D eigenvalue weighted by molar-refractivity contribution is -0.120. The number of hydrogen-bond donors (Lipinski definition) is 1. The van der Waals surface area contributed by atoms with Crippen LogP contribution in [-0.2, 0) is 9.59 Å². The van der Waals surface area contributed by atoms with Crippen molar-refractivity contribution in [2.45, 2.75) is 6.92 Å². The van der Waals surface area contributed by atoms with Crippen LogP contribution in [0.25, 0.3) is 0 Å². The molecule has 2 aromatic rings. The molecule has 134 valence electrons. The van der Waals surface area contributed by atoms with E-state index in [0.717, 1.165) is 10.5 Å². The average Bonchev–Trinajstić information content (AvgIpc) is 2.82. The third kappa shape index (κ3) is 3.14. The molecule has 0 saturated carbocycles. The maximum Gasteiger partial charge on any atom is 0.283 e. The fourth-order valence-electron chi connectivity index (χ4n) is 2.53. The zero-order chi connectivity index (χ0) is 19.0. The van der Waals surface area contributed by atoms with E-state index in [0.29, 0.717) is 16.5 Å². The van der Waals surface area contributed by atoms with E-state index in [4.69, 9.17) is 39.5 Å². The van der Waals surface area contributed by atoms with Gasteiger partial charge in [-0.2, -0.15) is 0 Å². The van der Waals surface area contributed by atoms with Crippen molar-refractivity contribution in [2.24, 2.45) is 0 Å². The number of hydrogen-bond acceptors (Lipinski definition) is 4. The summed E-state index contributed by atoms with van der Waals surface area (Å²) >= 11 is 18.3. The van der Waals surface area contributed by atoms with Crippen LogP contribution in [0.3, 0.4) is 0 Å². The van der Waals surface area contributed by atoms with Crippen LogP contribution in [0.5, 0.6) is 5.75 Å². The molecule has 0 aliphatic carbocycles. The van der Waals surface area contributed by atoms with E-state index in [2.05, 4.69) is 5.32 Å². The van der Waals surface area contributed by atoms with E-state index >= 15 is 0 Å². The number of para-hydroxylation sites is 1. The zero-order valence-corrected chi connectivity index (χ0v) is 16.0. The van der Waals surface area contributed by atoms with Gasteiger partial charge in [0, 0.05) is 11.1 Å². The van der Waals surface area contributed by atoms with Crippen LogP contribution in [0, 0.1) is 6.92 Å². The van der Waals surface area contributed by atoms with Gasteiger partial charge in [-0.05, 0) is 30.7 Å². The summed E-state index contributed by atoms with van der Waals surface area (Å²) in [7, 11) is 1.47. The third-order valence-electron chi connectivity index (χ3n) is 3.86. The monoisotopic (exact) mass is 410 g/mol. The fourth-order valence-corrected chi connectivity index (χ4v) is 3.11. The van der Waals surface area contributed by atoms with Crippen molar-refractivity contribution in [3.8, 4) is 5.75 Å². The second kappa shape index (κ2) is 7.19. The molecule has 0 radical (unpaired) electrons. The standard InChI is InChI=1S/C18H13Cl3N2O3/c1-9-7-12(14(26-2)8-11(9)20)22-16-15(21)17(24)23(18(16)25)13-6-4-3-5-10(13)19/h3-8,22H,1-2H3. The molecule has 0 spiro atoms. The first kappa shape index (κ1) is 18.6. The molecule has 1 aliphatic rings. The Morgan fingerprint density at radius 3 is 2.35 bits per heavy atom. The molecule has 2 aromatic carbocycles. The molecule has 1 heterocycles. The summed E-state index contributed by atoms with van der Waals surface area (Å²) in [6, 6.07) is 9.84. The number of nitrogens with one attached hydrogen (secondary N) is 1. The summed E-state index contributed by atoms with van der Waals surface area (Å²) in [5.41, 5.74) is 1.44. The number of methoxy groups -OCH3 is 1. The van der Waals surface area contributed by atoms with Gasteiger partial charge in [0.15, 0.2) is 0 Å². The van der Waals surface area contributed by atoms with Crippen molar-refractivity contribution in [1.29, 1.82) is 0 Å². The minimum atomic E-state index is -0.656. The number of anilines is 2. The molecular formula is C18H13Cl3N2O3. The molecule has 0 saturated heterocycles. The van der Waals surface area contributed by atoms with Crippen molar-refractivity contribution in [1.82, 2.24) is 0 Å². The molecule has 0 unspecified atom stereocenters. The summed E-state index contributed by atoms with van der Waals surface area (Å²) in [4.78, 5) is 26.3. The summed E-state index contributed by atoms with van der Waals surface area (Å²) in [6.45, 7) is 1.81. The van der Waals surface area contributed by atoms with Crippen LogP contribution in [0.2, 0.25) is 10.0 Å². The predicted octanol–water partition coefficient (Wildman–Crippen LogP) is 4.75. The maximum atomic E-state index is 12.8. The Labute approximate surface area is 165 Å². The number of rotatable bonds is 4. The van der Waals surface area contributed by atoms with Crippen molar-refractivity contribution in [2.75, 3.05) is 17.3 Å². The predicted molar refractivity (Wildman–Crippen MR) is 103 cm³/mol. The topological polar surface area (TPSA) is 58.6 Å². The largest absolute Gasteiger partial charge is 0.495 e. The lowest BCUT2D eigenvalue weighted by atomic mass is 10.2. The SMILES string of the molecule is COc1cc(Cl)c(C)cc1NC1=C(Cl)C(=O)N(c2ccccc2Cl)C1=O. The van der Waals surface area contributed by atoms with Gasteiger partial charge in [0.05, 0.1) is 23.5 Å². The number of carbonyl (C=O) groups excluding carboxylic acids is 2. The summed E-state index contributed by atoms with van der Waals surface area (Å²) in [5, 5.41) is 3.43. The normalized spacial score (nSPS) is 14.3. The smallest absolute Gasteiger partial charge is 0.283 e. The number of nitrogens with zero attached hydrogens (tertiary/aromatic N) is 1. The van der Waals surface area contributed by atoms with Gasteiger partial charge in [0.25, 0.3) is 11.8 Å². The van der Waals surface area contributed by atoms with Gasteiger partial charge in [0.1, 0.15) is 16.5 Å². The molecule has 8 heteroatoms. The minimum Gasteiger partial charge on any atom is -0.495 e. The Morgan fingerprint density at radius 1 is 1.00 bits per heavy atom. The van der Waals surface area contributed by atoms with Gasteiger partial charge in [-0.3, -0.25) is 9.59 Å². The Balaban J connectivity index is 2.00. The highest BCUT2D eigenvalue weighted by molar-refractivity contribution is 6.53. The summed E-state index contributed by atoms with van der Waals surface area (Å²) in [5.74, 6) is -0.853. The zero-order valence-electron chi connectivity index (χ0n) is 13.8. The molecule has 1 aliphatic heterocycles. The van der Waals surface area contributed by atoms with Gasteiger partial charge in [-0.15, -0.1) is 0 Å². The first-order chi connectivity index (χ1) is 12.3. The lowest BCUT2D eigenvalue weighted by Crippen LogP contribution is -2.32. The quantitative estimate of drug-likeness (QED) is 0.738. The number of carbonyl (C=O) groups is 2. The first-order valence-electron chi connectivity index (χ1n) is 7.49. The molecule has 0 bridgehead atoms. The molecule has 5 nitrogen and oxygen atoms in total. The molecular weight excluding hydrogens is 399 g/mol. The number of aryl methyl sites for hydroxylation is 1. The van der Waals surface area contributed by atoms with Crippen molar-refractivity contribution >= 4 is 58.0 Å². The van der Waals surface area contributed by atoms with Crippen molar-refractivity contribution in [3.63, 3.8) is 0 Å². The van der Waals surface area contributed by atoms with Crippen LogP contribution in [0.1, 0.15) is 5.56 Å². The van der Waals surface area contributed by atoms with Gasteiger partial charge in [-0.25, -0.2) is 4.90 Å². The second-order valence-electron chi connectivity index (χ2n) is 5.51. The van der Waals surface area contributed by atoms with Gasteiger partial charge in [0.2, 0.25) is 0 Å². The van der Waals surface area contributed by atoms with E-state index in [-0.39, 0.29) is 21.4 Å². The van der Waals surface area contributed by atoms with E-state index in [1.165, 1.54) is 7.11 Å². The highest BCUT2D eigenvalue weighted by Crippen LogP contribution is 2.37. The molecule has 2 amide bonds. The molecule has 3 rings (SSSR count). The van der Waals surface area contributed by atoms with E-state index in [1.54, 1.807) is 43.3 Å². The number of halogens is 3. The van der Waals surface area contributed by atoms with Crippen LogP contribution in [-0.4, -0.2) is 18.9 Å². The van der Waals surface area contributed by atoms with Gasteiger partial charge in [-0.1, -0.05) is 46.9 Å². The fraction of sp³-hybridized carbons (Fsp3) is 0.111. The van der Waals surface area contributed by atoms with E-state index in [9.17, 15) is 9.59 Å². The lowest BCUT2D eigenvalue weighted by Gasteiger charge is -2.17.